The quantitative estimate of drug-likeness (QED) is 0.847. The van der Waals surface area contributed by atoms with Crippen LogP contribution in [0.25, 0.3) is 0 Å². The van der Waals surface area contributed by atoms with E-state index in [1.807, 2.05) is 0 Å². The highest BCUT2D eigenvalue weighted by Crippen LogP contribution is 2.16. The lowest BCUT2D eigenvalue weighted by Crippen LogP contribution is -2.05. The van der Waals surface area contributed by atoms with Crippen molar-refractivity contribution in [2.75, 3.05) is 0 Å². The molecule has 0 amide bonds. The molecule has 0 unspecified atom stereocenters. The molecule has 0 saturated heterocycles. The second-order valence-corrected chi connectivity index (χ2v) is 6.67. The summed E-state index contributed by atoms with van der Waals surface area (Å²) in [5.41, 5.74) is 1.17. The third kappa shape index (κ3) is 4.12. The Morgan fingerprint density at radius 3 is 2.48 bits per heavy atom. The fourth-order valence-electron chi connectivity index (χ4n) is 1.85. The Morgan fingerprint density at radius 1 is 1.29 bits per heavy atom. The molecule has 0 aliphatic heterocycles. The summed E-state index contributed by atoms with van der Waals surface area (Å²) in [5, 5.41) is 16.1. The number of carboxylic acids is 1. The van der Waals surface area contributed by atoms with Crippen LogP contribution in [0.2, 0.25) is 0 Å². The fourth-order valence-corrected chi connectivity index (χ4v) is 3.09. The van der Waals surface area contributed by atoms with Gasteiger partial charge in [0.1, 0.15) is 5.75 Å². The van der Waals surface area contributed by atoms with Gasteiger partial charge in [-0.25, -0.2) is 8.42 Å². The summed E-state index contributed by atoms with van der Waals surface area (Å²) in [7, 11) is -1.81. The Hall–Kier alpha value is -2.22. The first-order valence-electron chi connectivity index (χ1n) is 6.25. The zero-order valence-electron chi connectivity index (χ0n) is 11.4. The van der Waals surface area contributed by atoms with Gasteiger partial charge in [0.05, 0.1) is 10.6 Å². The number of rotatable bonds is 6. The van der Waals surface area contributed by atoms with Gasteiger partial charge in [-0.15, -0.1) is 5.10 Å². The molecular formula is C13H15N3O4S. The van der Waals surface area contributed by atoms with Crippen molar-refractivity contribution < 1.29 is 18.3 Å². The van der Waals surface area contributed by atoms with Gasteiger partial charge in [0.15, 0.2) is 9.84 Å². The van der Waals surface area contributed by atoms with Crippen LogP contribution in [0.1, 0.15) is 17.7 Å². The first kappa shape index (κ1) is 15.2. The van der Waals surface area contributed by atoms with Crippen molar-refractivity contribution in [1.29, 1.82) is 0 Å². The highest BCUT2D eigenvalue weighted by molar-refractivity contribution is 7.90. The number of aliphatic carboxylic acids is 1. The van der Waals surface area contributed by atoms with E-state index in [0.29, 0.717) is 12.1 Å². The molecule has 1 N–H and O–H groups in total. The molecule has 21 heavy (non-hydrogen) atoms. The van der Waals surface area contributed by atoms with Crippen LogP contribution in [0.4, 0.5) is 0 Å². The molecule has 0 saturated carbocycles. The Morgan fingerprint density at radius 2 is 1.95 bits per heavy atom. The molecule has 0 fully saturated rings. The third-order valence-electron chi connectivity index (χ3n) is 2.90. The maximum Gasteiger partial charge on any atom is 0.303 e. The van der Waals surface area contributed by atoms with E-state index in [2.05, 4.69) is 10.3 Å². The Bertz CT molecular complexity index is 735. The Labute approximate surface area is 122 Å². The molecule has 0 spiro atoms. The van der Waals surface area contributed by atoms with Gasteiger partial charge in [-0.3, -0.25) is 9.48 Å². The molecule has 2 aromatic rings. The van der Waals surface area contributed by atoms with Gasteiger partial charge in [0.25, 0.3) is 0 Å². The number of sulfone groups is 1. The predicted molar refractivity (Wildman–Crippen MR) is 74.3 cm³/mol. The lowest BCUT2D eigenvalue weighted by atomic mass is 10.1. The topological polar surface area (TPSA) is 102 Å². The van der Waals surface area contributed by atoms with Crippen molar-refractivity contribution in [3.05, 3.63) is 41.7 Å². The van der Waals surface area contributed by atoms with E-state index in [-0.39, 0.29) is 17.1 Å². The van der Waals surface area contributed by atoms with Crippen molar-refractivity contribution in [2.24, 2.45) is 7.05 Å². The number of aromatic nitrogens is 3. The first-order valence-corrected chi connectivity index (χ1v) is 7.91. The van der Waals surface area contributed by atoms with Gasteiger partial charge in [0.2, 0.25) is 0 Å². The average molecular weight is 309 g/mol. The Balaban J connectivity index is 2.11. The van der Waals surface area contributed by atoms with Crippen LogP contribution in [0.3, 0.4) is 0 Å². The zero-order chi connectivity index (χ0) is 15.5. The minimum Gasteiger partial charge on any atom is -0.481 e. The van der Waals surface area contributed by atoms with Crippen molar-refractivity contribution >= 4 is 15.8 Å². The first-order chi connectivity index (χ1) is 9.87. The maximum atomic E-state index is 12.2. The molecule has 8 heteroatoms. The second-order valence-electron chi connectivity index (χ2n) is 4.68. The lowest BCUT2D eigenvalue weighted by molar-refractivity contribution is -0.136. The van der Waals surface area contributed by atoms with E-state index in [1.165, 1.54) is 16.8 Å². The summed E-state index contributed by atoms with van der Waals surface area (Å²) in [5.74, 6) is -1.09. The fraction of sp³-hybridized carbons (Fsp3) is 0.308. The molecule has 1 heterocycles. The van der Waals surface area contributed by atoms with Crippen LogP contribution in [0.5, 0.6) is 0 Å². The van der Waals surface area contributed by atoms with Gasteiger partial charge >= 0.3 is 5.97 Å². The SMILES string of the molecule is Cn1cc(CS(=O)(=O)c2ccc(CCC(=O)O)cc2)nn1. The zero-order valence-corrected chi connectivity index (χ0v) is 12.2. The highest BCUT2D eigenvalue weighted by atomic mass is 32.2. The molecular weight excluding hydrogens is 294 g/mol. The maximum absolute atomic E-state index is 12.2. The van der Waals surface area contributed by atoms with E-state index >= 15 is 0 Å². The summed E-state index contributed by atoms with van der Waals surface area (Å²) in [4.78, 5) is 10.7. The molecule has 0 atom stereocenters. The molecule has 112 valence electrons. The third-order valence-corrected chi connectivity index (χ3v) is 4.56. The molecule has 0 radical (unpaired) electrons. The van der Waals surface area contributed by atoms with Gasteiger partial charge < -0.3 is 5.11 Å². The molecule has 0 aliphatic carbocycles. The van der Waals surface area contributed by atoms with Gasteiger partial charge in [0, 0.05) is 19.7 Å². The van der Waals surface area contributed by atoms with Crippen molar-refractivity contribution in [3.63, 3.8) is 0 Å². The van der Waals surface area contributed by atoms with Gasteiger partial charge in [-0.1, -0.05) is 17.3 Å². The van der Waals surface area contributed by atoms with Gasteiger partial charge in [-0.05, 0) is 24.1 Å². The number of benzene rings is 1. The van der Waals surface area contributed by atoms with E-state index in [9.17, 15) is 13.2 Å². The van der Waals surface area contributed by atoms with E-state index in [0.717, 1.165) is 5.56 Å². The van der Waals surface area contributed by atoms with Crippen LogP contribution in [0.15, 0.2) is 35.4 Å². The van der Waals surface area contributed by atoms with E-state index < -0.39 is 15.8 Å². The number of carbonyl (C=O) groups is 1. The van der Waals surface area contributed by atoms with Crippen LogP contribution in [-0.4, -0.2) is 34.5 Å². The number of carboxylic acid groups (broad SMARTS) is 1. The molecule has 1 aromatic heterocycles. The second kappa shape index (κ2) is 6.04. The van der Waals surface area contributed by atoms with Crippen LogP contribution >= 0.6 is 0 Å². The molecule has 0 bridgehead atoms. The normalized spacial score (nSPS) is 11.5. The standard InChI is InChI=1S/C13H15N3O4S/c1-16-8-11(14-15-16)9-21(19,20)12-5-2-10(3-6-12)4-7-13(17)18/h2-3,5-6,8H,4,7,9H2,1H3,(H,17,18). The molecule has 2 rings (SSSR count). The summed E-state index contributed by atoms with van der Waals surface area (Å²) >= 11 is 0. The van der Waals surface area contributed by atoms with Crippen molar-refractivity contribution in [1.82, 2.24) is 15.0 Å². The summed E-state index contributed by atoms with van der Waals surface area (Å²) in [6.45, 7) is 0. The van der Waals surface area contributed by atoms with Crippen LogP contribution in [-0.2, 0) is 33.9 Å². The minimum absolute atomic E-state index is 0.0195. The number of hydrogen-bond donors (Lipinski definition) is 1. The van der Waals surface area contributed by atoms with Crippen molar-refractivity contribution in [3.8, 4) is 0 Å². The van der Waals surface area contributed by atoms with Crippen LogP contribution < -0.4 is 0 Å². The van der Waals surface area contributed by atoms with Crippen molar-refractivity contribution in [2.45, 2.75) is 23.5 Å². The largest absolute Gasteiger partial charge is 0.481 e. The number of aryl methyl sites for hydroxylation is 2. The summed E-state index contributed by atoms with van der Waals surface area (Å²) < 4.78 is 25.9. The molecule has 1 aromatic carbocycles. The minimum atomic E-state index is -3.48. The van der Waals surface area contributed by atoms with E-state index in [4.69, 9.17) is 5.11 Å². The predicted octanol–water partition coefficient (Wildman–Crippen LogP) is 0.806. The summed E-state index contributed by atoms with van der Waals surface area (Å²) in [6, 6.07) is 6.24. The number of hydrogen-bond acceptors (Lipinski definition) is 5. The van der Waals surface area contributed by atoms with Crippen LogP contribution in [0, 0.1) is 0 Å². The van der Waals surface area contributed by atoms with Gasteiger partial charge in [-0.2, -0.15) is 0 Å². The molecule has 0 aliphatic rings. The smallest absolute Gasteiger partial charge is 0.303 e. The Kier molecular flexibility index (Phi) is 4.37. The lowest BCUT2D eigenvalue weighted by Gasteiger charge is -2.04. The molecule has 7 nitrogen and oxygen atoms in total. The monoisotopic (exact) mass is 309 g/mol. The average Bonchev–Trinajstić information content (AvgIpc) is 2.81. The summed E-state index contributed by atoms with van der Waals surface area (Å²) in [6.07, 6.45) is 1.95. The van der Waals surface area contributed by atoms with E-state index in [1.54, 1.807) is 25.4 Å². The number of nitrogens with zero attached hydrogens (tertiary/aromatic N) is 3. The highest BCUT2D eigenvalue weighted by Gasteiger charge is 2.17.